The van der Waals surface area contributed by atoms with Crippen LogP contribution in [0, 0.1) is 0 Å². The van der Waals surface area contributed by atoms with Crippen LogP contribution in [0.5, 0.6) is 17.2 Å². The van der Waals surface area contributed by atoms with E-state index in [4.69, 9.17) is 30.5 Å². The Labute approximate surface area is 203 Å². The summed E-state index contributed by atoms with van der Waals surface area (Å²) >= 11 is 6.37. The lowest BCUT2D eigenvalue weighted by Crippen LogP contribution is -2.31. The second-order valence-corrected chi connectivity index (χ2v) is 7.90. The second kappa shape index (κ2) is 11.3. The third-order valence-corrected chi connectivity index (χ3v) is 5.85. The van der Waals surface area contributed by atoms with Crippen LogP contribution in [0.25, 0.3) is 5.76 Å². The maximum atomic E-state index is 13.2. The first kappa shape index (κ1) is 25.4. The number of carbonyl (C=O) groups excluding carboxylic acids is 2. The molecule has 0 radical (unpaired) electrons. The molecule has 0 spiro atoms. The highest BCUT2D eigenvalue weighted by Gasteiger charge is 2.47. The van der Waals surface area contributed by atoms with Gasteiger partial charge in [0.05, 0.1) is 37.5 Å². The quantitative estimate of drug-likeness (QED) is 0.231. The molecule has 1 fully saturated rings. The van der Waals surface area contributed by atoms with Crippen molar-refractivity contribution in [2.75, 3.05) is 41.1 Å². The first-order valence-electron chi connectivity index (χ1n) is 10.8. The largest absolute Gasteiger partial charge is 0.507 e. The number of amides is 1. The Morgan fingerprint density at radius 1 is 1.12 bits per heavy atom. The molecule has 1 heterocycles. The number of aliphatic hydroxyl groups excluding tert-OH is 1. The van der Waals surface area contributed by atoms with E-state index in [1.807, 2.05) is 6.92 Å². The van der Waals surface area contributed by atoms with Crippen LogP contribution in [0.3, 0.4) is 0 Å². The summed E-state index contributed by atoms with van der Waals surface area (Å²) in [6.07, 6.45) is 0.493. The summed E-state index contributed by atoms with van der Waals surface area (Å²) < 4.78 is 21.6. The van der Waals surface area contributed by atoms with Crippen LogP contribution in [-0.4, -0.2) is 62.8 Å². The van der Waals surface area contributed by atoms with Crippen molar-refractivity contribution in [2.24, 2.45) is 0 Å². The van der Waals surface area contributed by atoms with Gasteiger partial charge >= 0.3 is 0 Å². The van der Waals surface area contributed by atoms with Crippen molar-refractivity contribution >= 4 is 29.1 Å². The fourth-order valence-electron chi connectivity index (χ4n) is 4.03. The molecule has 1 amide bonds. The van der Waals surface area contributed by atoms with Gasteiger partial charge in [-0.15, -0.1) is 0 Å². The lowest BCUT2D eigenvalue weighted by atomic mass is 9.94. The van der Waals surface area contributed by atoms with Crippen molar-refractivity contribution in [1.29, 1.82) is 0 Å². The SMILES string of the molecule is CCOc1ccc(Cl)c(/C(O)=C2\C(=O)C(=O)N(CCCOC)C2c2cccc(OC)c2OC)c1. The predicted octanol–water partition coefficient (Wildman–Crippen LogP) is 4.21. The van der Waals surface area contributed by atoms with Gasteiger partial charge in [0.25, 0.3) is 11.7 Å². The second-order valence-electron chi connectivity index (χ2n) is 7.50. The summed E-state index contributed by atoms with van der Waals surface area (Å²) in [4.78, 5) is 27.7. The average Bonchev–Trinajstić information content (AvgIpc) is 3.09. The van der Waals surface area contributed by atoms with E-state index in [1.165, 1.54) is 19.1 Å². The smallest absolute Gasteiger partial charge is 0.295 e. The number of Topliss-reactive ketones (excluding diaryl/α,β-unsaturated/α-hetero) is 1. The van der Waals surface area contributed by atoms with Gasteiger partial charge in [-0.25, -0.2) is 0 Å². The van der Waals surface area contributed by atoms with Crippen LogP contribution in [-0.2, 0) is 14.3 Å². The fraction of sp³-hybridized carbons (Fsp3) is 0.360. The van der Waals surface area contributed by atoms with Gasteiger partial charge in [0.1, 0.15) is 11.5 Å². The summed E-state index contributed by atoms with van der Waals surface area (Å²) in [5.41, 5.74) is 0.594. The Hall–Kier alpha value is -3.23. The van der Waals surface area contributed by atoms with Crippen molar-refractivity contribution in [2.45, 2.75) is 19.4 Å². The molecule has 1 aliphatic heterocycles. The number of methoxy groups -OCH3 is 3. The highest BCUT2D eigenvalue weighted by Crippen LogP contribution is 2.46. The summed E-state index contributed by atoms with van der Waals surface area (Å²) in [6, 6.07) is 9.02. The molecular weight excluding hydrogens is 462 g/mol. The monoisotopic (exact) mass is 489 g/mol. The molecule has 1 saturated heterocycles. The molecule has 0 aromatic heterocycles. The number of hydrogen-bond donors (Lipinski definition) is 1. The molecule has 0 bridgehead atoms. The number of halogens is 1. The number of rotatable bonds is 10. The zero-order valence-electron chi connectivity index (χ0n) is 19.6. The van der Waals surface area contributed by atoms with Crippen LogP contribution in [0.1, 0.15) is 30.5 Å². The molecule has 1 N–H and O–H groups in total. The summed E-state index contributed by atoms with van der Waals surface area (Å²) in [5.74, 6) is -0.688. The van der Waals surface area contributed by atoms with E-state index in [9.17, 15) is 14.7 Å². The minimum Gasteiger partial charge on any atom is -0.507 e. The Morgan fingerprint density at radius 3 is 2.53 bits per heavy atom. The lowest BCUT2D eigenvalue weighted by molar-refractivity contribution is -0.140. The highest BCUT2D eigenvalue weighted by atomic mass is 35.5. The van der Waals surface area contributed by atoms with E-state index in [0.717, 1.165) is 0 Å². The fourth-order valence-corrected chi connectivity index (χ4v) is 4.23. The van der Waals surface area contributed by atoms with Crippen LogP contribution in [0.15, 0.2) is 42.0 Å². The zero-order valence-corrected chi connectivity index (χ0v) is 20.3. The molecule has 1 unspecified atom stereocenters. The molecule has 2 aromatic carbocycles. The molecule has 0 aliphatic carbocycles. The maximum Gasteiger partial charge on any atom is 0.295 e. The number of ether oxygens (including phenoxy) is 4. The van der Waals surface area contributed by atoms with E-state index < -0.39 is 23.5 Å². The summed E-state index contributed by atoms with van der Waals surface area (Å²) in [6.45, 7) is 2.86. The van der Waals surface area contributed by atoms with Crippen molar-refractivity contribution in [3.8, 4) is 17.2 Å². The number of carbonyl (C=O) groups is 2. The molecule has 1 aliphatic rings. The number of para-hydroxylation sites is 1. The minimum atomic E-state index is -0.922. The number of aliphatic hydroxyl groups is 1. The Balaban J connectivity index is 2.25. The molecule has 1 atom stereocenters. The van der Waals surface area contributed by atoms with E-state index >= 15 is 0 Å². The van der Waals surface area contributed by atoms with Crippen LogP contribution in [0.2, 0.25) is 5.02 Å². The highest BCUT2D eigenvalue weighted by molar-refractivity contribution is 6.47. The van der Waals surface area contributed by atoms with Crippen molar-refractivity contribution in [1.82, 2.24) is 4.90 Å². The first-order chi connectivity index (χ1) is 16.4. The molecule has 3 rings (SSSR count). The van der Waals surface area contributed by atoms with Gasteiger partial charge in [-0.05, 0) is 37.6 Å². The van der Waals surface area contributed by atoms with E-state index in [-0.39, 0.29) is 22.7 Å². The summed E-state index contributed by atoms with van der Waals surface area (Å²) in [7, 11) is 4.53. The van der Waals surface area contributed by atoms with E-state index in [1.54, 1.807) is 43.5 Å². The molecule has 34 heavy (non-hydrogen) atoms. The van der Waals surface area contributed by atoms with Gasteiger partial charge in [0.15, 0.2) is 11.5 Å². The number of nitrogens with zero attached hydrogens (tertiary/aromatic N) is 1. The van der Waals surface area contributed by atoms with Gasteiger partial charge in [0, 0.05) is 31.4 Å². The number of likely N-dealkylation sites (tertiary alicyclic amines) is 1. The Bertz CT molecular complexity index is 1100. The normalized spacial score (nSPS) is 17.2. The zero-order chi connectivity index (χ0) is 24.8. The van der Waals surface area contributed by atoms with Crippen molar-refractivity contribution in [3.63, 3.8) is 0 Å². The first-order valence-corrected chi connectivity index (χ1v) is 11.2. The molecule has 9 heteroatoms. The number of ketones is 1. The number of hydrogen-bond acceptors (Lipinski definition) is 7. The van der Waals surface area contributed by atoms with Gasteiger partial charge < -0.3 is 29.0 Å². The number of benzene rings is 2. The molecule has 8 nitrogen and oxygen atoms in total. The summed E-state index contributed by atoms with van der Waals surface area (Å²) in [5, 5.41) is 11.5. The van der Waals surface area contributed by atoms with Gasteiger partial charge in [-0.3, -0.25) is 9.59 Å². The van der Waals surface area contributed by atoms with E-state index in [0.29, 0.717) is 42.4 Å². The minimum absolute atomic E-state index is 0.0930. The van der Waals surface area contributed by atoms with Crippen LogP contribution >= 0.6 is 11.6 Å². The standard InChI is InChI=1S/C25H28ClNO7/c1-5-34-15-10-11-18(26)17(14-15)22(28)20-21(16-8-6-9-19(32-3)24(16)33-4)27(12-7-13-31-2)25(30)23(20)29/h6,8-11,14,21,28H,5,7,12-13H2,1-4H3/b22-20+. The van der Waals surface area contributed by atoms with Crippen LogP contribution in [0.4, 0.5) is 0 Å². The molecule has 182 valence electrons. The topological polar surface area (TPSA) is 94.5 Å². The third kappa shape index (κ3) is 4.83. The van der Waals surface area contributed by atoms with Crippen molar-refractivity contribution in [3.05, 3.63) is 58.1 Å². The molecule has 0 saturated carbocycles. The average molecular weight is 490 g/mol. The van der Waals surface area contributed by atoms with Crippen molar-refractivity contribution < 1.29 is 33.6 Å². The predicted molar refractivity (Wildman–Crippen MR) is 128 cm³/mol. The maximum absolute atomic E-state index is 13.2. The Kier molecular flexibility index (Phi) is 8.41. The van der Waals surface area contributed by atoms with E-state index in [2.05, 4.69) is 0 Å². The van der Waals surface area contributed by atoms with Crippen LogP contribution < -0.4 is 14.2 Å². The molecular formula is C25H28ClNO7. The van der Waals surface area contributed by atoms with Gasteiger partial charge in [-0.2, -0.15) is 0 Å². The van der Waals surface area contributed by atoms with Gasteiger partial charge in [-0.1, -0.05) is 23.7 Å². The Morgan fingerprint density at radius 2 is 1.88 bits per heavy atom. The lowest BCUT2D eigenvalue weighted by Gasteiger charge is -2.27. The third-order valence-electron chi connectivity index (χ3n) is 5.52. The molecule has 2 aromatic rings. The van der Waals surface area contributed by atoms with Gasteiger partial charge in [0.2, 0.25) is 0 Å².